The van der Waals surface area contributed by atoms with E-state index >= 15 is 0 Å². The van der Waals surface area contributed by atoms with E-state index in [1.165, 1.54) is 5.56 Å². The lowest BCUT2D eigenvalue weighted by molar-refractivity contribution is 0.313. The lowest BCUT2D eigenvalue weighted by Gasteiger charge is -2.14. The molecule has 0 heterocycles. The molecule has 0 fully saturated rings. The number of halogens is 1. The average Bonchev–Trinajstić information content (AvgIpc) is 2.46. The molecule has 5 heteroatoms. The number of nitrogens with zero attached hydrogens (tertiary/aromatic N) is 1. The summed E-state index contributed by atoms with van der Waals surface area (Å²) in [7, 11) is 1.75. The number of rotatable bonds is 7. The SMILES string of the molecule is C=CCNC(=NC)NCc1ccc(C)cc1OCCC.I. The quantitative estimate of drug-likeness (QED) is 0.318. The van der Waals surface area contributed by atoms with Gasteiger partial charge in [0.25, 0.3) is 0 Å². The second kappa shape index (κ2) is 11.4. The summed E-state index contributed by atoms with van der Waals surface area (Å²) in [6.45, 7) is 9.95. The third-order valence-corrected chi connectivity index (χ3v) is 2.77. The minimum Gasteiger partial charge on any atom is -0.493 e. The van der Waals surface area contributed by atoms with Gasteiger partial charge in [0, 0.05) is 25.7 Å². The Kier molecular flexibility index (Phi) is 10.7. The molecule has 0 saturated heterocycles. The van der Waals surface area contributed by atoms with Gasteiger partial charge in [-0.1, -0.05) is 25.1 Å². The maximum atomic E-state index is 5.80. The van der Waals surface area contributed by atoms with Gasteiger partial charge >= 0.3 is 0 Å². The van der Waals surface area contributed by atoms with E-state index in [0.29, 0.717) is 13.1 Å². The van der Waals surface area contributed by atoms with Gasteiger partial charge in [0.1, 0.15) is 5.75 Å². The van der Waals surface area contributed by atoms with Gasteiger partial charge in [-0.15, -0.1) is 30.6 Å². The van der Waals surface area contributed by atoms with Gasteiger partial charge in [0.05, 0.1) is 6.61 Å². The summed E-state index contributed by atoms with van der Waals surface area (Å²) in [5.74, 6) is 1.70. The van der Waals surface area contributed by atoms with Gasteiger partial charge in [0.2, 0.25) is 0 Å². The molecule has 4 nitrogen and oxygen atoms in total. The molecule has 0 bridgehead atoms. The van der Waals surface area contributed by atoms with Crippen LogP contribution in [0.3, 0.4) is 0 Å². The molecule has 1 aromatic carbocycles. The van der Waals surface area contributed by atoms with E-state index < -0.39 is 0 Å². The van der Waals surface area contributed by atoms with Gasteiger partial charge in [-0.3, -0.25) is 4.99 Å². The lowest BCUT2D eigenvalue weighted by atomic mass is 10.1. The summed E-state index contributed by atoms with van der Waals surface area (Å²) < 4.78 is 5.80. The van der Waals surface area contributed by atoms with Crippen molar-refractivity contribution in [1.29, 1.82) is 0 Å². The number of guanidine groups is 1. The standard InChI is InChI=1S/C16H25N3O.HI/c1-5-9-18-16(17-4)19-12-14-8-7-13(3)11-15(14)20-10-6-2;/h5,7-8,11H,1,6,9-10,12H2,2-4H3,(H2,17,18,19);1H. The number of benzene rings is 1. The fraction of sp³-hybridized carbons (Fsp3) is 0.438. The summed E-state index contributed by atoms with van der Waals surface area (Å²) in [5, 5.41) is 6.41. The van der Waals surface area contributed by atoms with Crippen molar-refractivity contribution in [2.45, 2.75) is 26.8 Å². The smallest absolute Gasteiger partial charge is 0.191 e. The van der Waals surface area contributed by atoms with Crippen LogP contribution in [0.15, 0.2) is 35.8 Å². The first kappa shape index (κ1) is 19.8. The Balaban J connectivity index is 0.00000400. The molecule has 0 aliphatic carbocycles. The number of hydrogen-bond donors (Lipinski definition) is 2. The molecule has 0 saturated carbocycles. The van der Waals surface area contributed by atoms with Gasteiger partial charge in [-0.25, -0.2) is 0 Å². The van der Waals surface area contributed by atoms with E-state index in [1.54, 1.807) is 13.1 Å². The van der Waals surface area contributed by atoms with Gasteiger partial charge < -0.3 is 15.4 Å². The molecule has 0 radical (unpaired) electrons. The van der Waals surface area contributed by atoms with Crippen LogP contribution >= 0.6 is 24.0 Å². The Morgan fingerprint density at radius 2 is 2.14 bits per heavy atom. The predicted molar refractivity (Wildman–Crippen MR) is 101 cm³/mol. The molecule has 118 valence electrons. The maximum Gasteiger partial charge on any atom is 0.191 e. The van der Waals surface area contributed by atoms with Gasteiger partial charge in [0.15, 0.2) is 5.96 Å². The second-order valence-corrected chi connectivity index (χ2v) is 4.55. The number of nitrogens with one attached hydrogen (secondary N) is 2. The van der Waals surface area contributed by atoms with Crippen molar-refractivity contribution in [1.82, 2.24) is 10.6 Å². The number of hydrogen-bond acceptors (Lipinski definition) is 2. The molecule has 0 unspecified atom stereocenters. The van der Waals surface area contributed by atoms with Crippen LogP contribution in [0.2, 0.25) is 0 Å². The summed E-state index contributed by atoms with van der Waals surface area (Å²) in [5.41, 5.74) is 2.33. The van der Waals surface area contributed by atoms with Crippen LogP contribution in [0.25, 0.3) is 0 Å². The normalized spacial score (nSPS) is 10.5. The van der Waals surface area contributed by atoms with Crippen LogP contribution in [0, 0.1) is 6.92 Å². The Morgan fingerprint density at radius 3 is 2.76 bits per heavy atom. The molecular weight excluding hydrogens is 377 g/mol. The van der Waals surface area contributed by atoms with Crippen LogP contribution in [-0.2, 0) is 6.54 Å². The van der Waals surface area contributed by atoms with E-state index in [0.717, 1.165) is 30.3 Å². The molecule has 0 aromatic heterocycles. The third-order valence-electron chi connectivity index (χ3n) is 2.77. The molecule has 0 aliphatic heterocycles. The largest absolute Gasteiger partial charge is 0.493 e. The maximum absolute atomic E-state index is 5.80. The number of aliphatic imine (C=N–C) groups is 1. The molecule has 0 atom stereocenters. The zero-order valence-electron chi connectivity index (χ0n) is 13.1. The summed E-state index contributed by atoms with van der Waals surface area (Å²) >= 11 is 0. The molecule has 0 aliphatic rings. The van der Waals surface area contributed by atoms with E-state index in [4.69, 9.17) is 4.74 Å². The van der Waals surface area contributed by atoms with Crippen LogP contribution in [0.1, 0.15) is 24.5 Å². The highest BCUT2D eigenvalue weighted by Gasteiger charge is 2.05. The second-order valence-electron chi connectivity index (χ2n) is 4.55. The highest BCUT2D eigenvalue weighted by Crippen LogP contribution is 2.20. The summed E-state index contributed by atoms with van der Waals surface area (Å²) in [4.78, 5) is 4.16. The lowest BCUT2D eigenvalue weighted by Crippen LogP contribution is -2.36. The van der Waals surface area contributed by atoms with Crippen molar-refractivity contribution in [3.05, 3.63) is 42.0 Å². The molecule has 0 spiro atoms. The van der Waals surface area contributed by atoms with E-state index in [9.17, 15) is 0 Å². The average molecular weight is 403 g/mol. The Labute approximate surface area is 145 Å². The monoisotopic (exact) mass is 403 g/mol. The zero-order valence-corrected chi connectivity index (χ0v) is 15.4. The molecular formula is C16H26IN3O. The Morgan fingerprint density at radius 1 is 1.38 bits per heavy atom. The van der Waals surface area contributed by atoms with Crippen LogP contribution in [0.4, 0.5) is 0 Å². The number of aryl methyl sites for hydroxylation is 1. The highest BCUT2D eigenvalue weighted by molar-refractivity contribution is 14.0. The van der Waals surface area contributed by atoms with Crippen molar-refractivity contribution >= 4 is 29.9 Å². The fourth-order valence-corrected chi connectivity index (χ4v) is 1.72. The summed E-state index contributed by atoms with van der Waals surface area (Å²) in [6.07, 6.45) is 2.80. The van der Waals surface area contributed by atoms with Crippen molar-refractivity contribution in [2.75, 3.05) is 20.2 Å². The van der Waals surface area contributed by atoms with Crippen molar-refractivity contribution < 1.29 is 4.74 Å². The van der Waals surface area contributed by atoms with Gasteiger partial charge in [-0.05, 0) is 25.0 Å². The zero-order chi connectivity index (χ0) is 14.8. The van der Waals surface area contributed by atoms with Crippen LogP contribution in [0.5, 0.6) is 5.75 Å². The topological polar surface area (TPSA) is 45.7 Å². The first-order chi connectivity index (χ1) is 9.71. The van der Waals surface area contributed by atoms with Crippen LogP contribution in [-0.4, -0.2) is 26.2 Å². The number of ether oxygens (including phenoxy) is 1. The van der Waals surface area contributed by atoms with Gasteiger partial charge in [-0.2, -0.15) is 0 Å². The molecule has 1 aromatic rings. The minimum absolute atomic E-state index is 0. The molecule has 2 N–H and O–H groups in total. The molecule has 21 heavy (non-hydrogen) atoms. The molecule has 0 amide bonds. The Hall–Kier alpha value is -1.24. The van der Waals surface area contributed by atoms with E-state index in [2.05, 4.69) is 54.3 Å². The minimum atomic E-state index is 0. The first-order valence-corrected chi connectivity index (χ1v) is 6.99. The van der Waals surface area contributed by atoms with Crippen molar-refractivity contribution in [3.8, 4) is 5.75 Å². The van der Waals surface area contributed by atoms with E-state index in [-0.39, 0.29) is 24.0 Å². The summed E-state index contributed by atoms with van der Waals surface area (Å²) in [6, 6.07) is 6.26. The first-order valence-electron chi connectivity index (χ1n) is 6.99. The van der Waals surface area contributed by atoms with Crippen molar-refractivity contribution in [3.63, 3.8) is 0 Å². The molecule has 1 rings (SSSR count). The van der Waals surface area contributed by atoms with Crippen molar-refractivity contribution in [2.24, 2.45) is 4.99 Å². The Bertz CT molecular complexity index is 461. The predicted octanol–water partition coefficient (Wildman–Crippen LogP) is 3.25. The van der Waals surface area contributed by atoms with Crippen LogP contribution < -0.4 is 15.4 Å². The third kappa shape index (κ3) is 7.36. The highest BCUT2D eigenvalue weighted by atomic mass is 127. The fourth-order valence-electron chi connectivity index (χ4n) is 1.72. The van der Waals surface area contributed by atoms with E-state index in [1.807, 2.05) is 0 Å².